The van der Waals surface area contributed by atoms with Gasteiger partial charge in [0.2, 0.25) is 0 Å². The second-order valence-corrected chi connectivity index (χ2v) is 5.27. The second kappa shape index (κ2) is 7.75. The lowest BCUT2D eigenvalue weighted by atomic mass is 10.1. The van der Waals surface area contributed by atoms with E-state index in [-0.39, 0.29) is 0 Å². The third-order valence-electron chi connectivity index (χ3n) is 3.39. The Morgan fingerprint density at radius 3 is 2.45 bits per heavy atom. The van der Waals surface area contributed by atoms with Gasteiger partial charge in [-0.15, -0.1) is 0 Å². The minimum Gasteiger partial charge on any atom is -0.493 e. The maximum Gasteiger partial charge on any atom is 0.129 e. The zero-order valence-electron chi connectivity index (χ0n) is 13.3. The van der Waals surface area contributed by atoms with Gasteiger partial charge in [-0.1, -0.05) is 0 Å². The van der Waals surface area contributed by atoms with E-state index in [0.29, 0.717) is 18.9 Å². The van der Waals surface area contributed by atoms with Crippen molar-refractivity contribution in [3.05, 3.63) is 46.9 Å². The molecule has 1 aromatic heterocycles. The molecule has 0 fully saturated rings. The van der Waals surface area contributed by atoms with Crippen LogP contribution in [0.3, 0.4) is 0 Å². The van der Waals surface area contributed by atoms with Crippen LogP contribution in [-0.2, 0) is 17.8 Å². The van der Waals surface area contributed by atoms with Gasteiger partial charge in [-0.25, -0.2) is 5.53 Å². The molecule has 1 aromatic carbocycles. The molecule has 1 N–H and O–H groups in total. The molecule has 0 aliphatic heterocycles. The second-order valence-electron chi connectivity index (χ2n) is 5.27. The smallest absolute Gasteiger partial charge is 0.129 e. The molecular formula is C17H22N2O3. The highest BCUT2D eigenvalue weighted by Crippen LogP contribution is 2.28. The molecule has 0 bridgehead atoms. The topological polar surface area (TPSA) is 67.8 Å². The van der Waals surface area contributed by atoms with E-state index in [4.69, 9.17) is 19.4 Å². The normalized spacial score (nSPS) is 10.7. The zero-order chi connectivity index (χ0) is 15.9. The summed E-state index contributed by atoms with van der Waals surface area (Å²) >= 11 is 0. The van der Waals surface area contributed by atoms with Crippen LogP contribution >= 0.6 is 0 Å². The predicted octanol–water partition coefficient (Wildman–Crippen LogP) is 4.72. The number of rotatable bonds is 8. The average Bonchev–Trinajstić information content (AvgIpc) is 2.93. The van der Waals surface area contributed by atoms with E-state index < -0.39 is 0 Å². The summed E-state index contributed by atoms with van der Waals surface area (Å²) in [5.74, 6) is 2.68. The monoisotopic (exact) mass is 302 g/mol. The van der Waals surface area contributed by atoms with Crippen LogP contribution < -0.4 is 4.74 Å². The van der Waals surface area contributed by atoms with E-state index in [0.717, 1.165) is 41.2 Å². The van der Waals surface area contributed by atoms with Crippen LogP contribution in [0.25, 0.3) is 0 Å². The summed E-state index contributed by atoms with van der Waals surface area (Å²) in [6.45, 7) is 5.07. The Balaban J connectivity index is 1.84. The Hall–Kier alpha value is -2.14. The highest BCUT2D eigenvalue weighted by molar-refractivity contribution is 5.51. The van der Waals surface area contributed by atoms with Crippen molar-refractivity contribution in [1.29, 1.82) is 5.53 Å². The fraction of sp³-hybridized carbons (Fsp3) is 0.412. The first-order valence-electron chi connectivity index (χ1n) is 7.32. The number of benzene rings is 1. The Labute approximate surface area is 130 Å². The van der Waals surface area contributed by atoms with Crippen LogP contribution in [0.2, 0.25) is 0 Å². The first kappa shape index (κ1) is 16.2. The van der Waals surface area contributed by atoms with E-state index in [1.807, 2.05) is 38.1 Å². The molecular weight excluding hydrogens is 280 g/mol. The summed E-state index contributed by atoms with van der Waals surface area (Å²) in [6.07, 6.45) is 1.71. The number of furan rings is 1. The van der Waals surface area contributed by atoms with E-state index in [2.05, 4.69) is 5.11 Å². The Morgan fingerprint density at radius 2 is 1.82 bits per heavy atom. The molecule has 0 atom stereocenters. The van der Waals surface area contributed by atoms with Gasteiger partial charge in [0.25, 0.3) is 0 Å². The van der Waals surface area contributed by atoms with E-state index >= 15 is 0 Å². The molecule has 0 radical (unpaired) electrons. The van der Waals surface area contributed by atoms with E-state index in [1.165, 1.54) is 0 Å². The third-order valence-corrected chi connectivity index (χ3v) is 3.39. The maximum atomic E-state index is 7.07. The van der Waals surface area contributed by atoms with Crippen LogP contribution in [0.15, 0.2) is 33.8 Å². The first-order chi connectivity index (χ1) is 10.6. The van der Waals surface area contributed by atoms with Gasteiger partial charge in [-0.3, -0.25) is 0 Å². The molecule has 0 saturated carbocycles. The van der Waals surface area contributed by atoms with E-state index in [1.54, 1.807) is 7.11 Å². The summed E-state index contributed by atoms with van der Waals surface area (Å²) in [5.41, 5.74) is 9.74. The van der Waals surface area contributed by atoms with Gasteiger partial charge in [0.1, 0.15) is 23.9 Å². The van der Waals surface area contributed by atoms with Gasteiger partial charge in [0.05, 0.1) is 12.3 Å². The molecule has 0 unspecified atom stereocenters. The number of nitrogens with one attached hydrogen (secondary N) is 1. The molecule has 0 amide bonds. The zero-order valence-corrected chi connectivity index (χ0v) is 13.3. The molecule has 2 rings (SSSR count). The van der Waals surface area contributed by atoms with Crippen molar-refractivity contribution >= 4 is 5.69 Å². The van der Waals surface area contributed by atoms with Gasteiger partial charge < -0.3 is 13.9 Å². The van der Waals surface area contributed by atoms with Crippen molar-refractivity contribution < 1.29 is 13.9 Å². The maximum absolute atomic E-state index is 7.07. The molecule has 2 aromatic rings. The third kappa shape index (κ3) is 4.18. The highest BCUT2D eigenvalue weighted by Gasteiger charge is 2.07. The van der Waals surface area contributed by atoms with Crippen LogP contribution in [0, 0.1) is 19.4 Å². The van der Waals surface area contributed by atoms with Crippen molar-refractivity contribution in [3.8, 4) is 5.75 Å². The van der Waals surface area contributed by atoms with E-state index in [9.17, 15) is 0 Å². The molecule has 0 saturated heterocycles. The molecule has 1 heterocycles. The predicted molar refractivity (Wildman–Crippen MR) is 84.0 cm³/mol. The lowest BCUT2D eigenvalue weighted by Gasteiger charge is -2.12. The summed E-state index contributed by atoms with van der Waals surface area (Å²) < 4.78 is 16.5. The van der Waals surface area contributed by atoms with Crippen molar-refractivity contribution in [2.45, 2.75) is 33.3 Å². The summed E-state index contributed by atoms with van der Waals surface area (Å²) in [5, 5.41) is 3.46. The number of hydrogen-bond donors (Lipinski definition) is 1. The van der Waals surface area contributed by atoms with Gasteiger partial charge >= 0.3 is 0 Å². The lowest BCUT2D eigenvalue weighted by molar-refractivity contribution is 0.162. The molecule has 118 valence electrons. The first-order valence-corrected chi connectivity index (χ1v) is 7.32. The minimum atomic E-state index is 0.502. The Morgan fingerprint density at radius 1 is 1.14 bits per heavy atom. The average molecular weight is 302 g/mol. The quantitative estimate of drug-likeness (QED) is 0.567. The van der Waals surface area contributed by atoms with Crippen molar-refractivity contribution in [2.75, 3.05) is 13.7 Å². The standard InChI is InChI=1S/C17H22N2O3/c1-12-9-14(19-18)10-13(2)17(12)21-8-4-5-15-6-7-16(22-15)11-20-3/h6-7,9-10,18H,4-5,8,11H2,1-3H3. The Bertz CT molecular complexity index is 612. The fourth-order valence-electron chi connectivity index (χ4n) is 2.42. The van der Waals surface area contributed by atoms with Crippen LogP contribution in [-0.4, -0.2) is 13.7 Å². The molecule has 5 heteroatoms. The molecule has 5 nitrogen and oxygen atoms in total. The van der Waals surface area contributed by atoms with Crippen molar-refractivity contribution in [3.63, 3.8) is 0 Å². The van der Waals surface area contributed by atoms with Crippen LogP contribution in [0.1, 0.15) is 29.1 Å². The number of methoxy groups -OCH3 is 1. The lowest BCUT2D eigenvalue weighted by Crippen LogP contribution is -2.02. The van der Waals surface area contributed by atoms with Crippen molar-refractivity contribution in [1.82, 2.24) is 0 Å². The Kier molecular flexibility index (Phi) is 5.72. The number of aryl methyl sites for hydroxylation is 3. The van der Waals surface area contributed by atoms with Crippen molar-refractivity contribution in [2.24, 2.45) is 5.11 Å². The SMILES string of the molecule is COCc1ccc(CCCOc2c(C)cc(N=N)cc2C)o1. The molecule has 22 heavy (non-hydrogen) atoms. The molecule has 0 aliphatic carbocycles. The number of hydrogen-bond acceptors (Lipinski definition) is 5. The van der Waals surface area contributed by atoms with Gasteiger partial charge in [-0.2, -0.15) is 5.11 Å². The number of ether oxygens (including phenoxy) is 2. The van der Waals surface area contributed by atoms with Crippen LogP contribution in [0.4, 0.5) is 5.69 Å². The summed E-state index contributed by atoms with van der Waals surface area (Å²) in [4.78, 5) is 0. The van der Waals surface area contributed by atoms with Gasteiger partial charge in [-0.05, 0) is 55.7 Å². The molecule has 0 aliphatic rings. The van der Waals surface area contributed by atoms with Gasteiger partial charge in [0, 0.05) is 13.5 Å². The van der Waals surface area contributed by atoms with Gasteiger partial charge in [0.15, 0.2) is 0 Å². The summed E-state index contributed by atoms with van der Waals surface area (Å²) in [7, 11) is 1.65. The molecule has 0 spiro atoms. The summed E-state index contributed by atoms with van der Waals surface area (Å²) in [6, 6.07) is 7.64. The highest BCUT2D eigenvalue weighted by atomic mass is 16.5. The fourth-order valence-corrected chi connectivity index (χ4v) is 2.42. The largest absolute Gasteiger partial charge is 0.493 e. The van der Waals surface area contributed by atoms with Crippen LogP contribution in [0.5, 0.6) is 5.75 Å². The minimum absolute atomic E-state index is 0.502. The number of nitrogens with zero attached hydrogens (tertiary/aromatic N) is 1.